The molecule has 0 unspecified atom stereocenters. The van der Waals surface area contributed by atoms with E-state index in [1.165, 1.54) is 3.97 Å². The third-order valence-electron chi connectivity index (χ3n) is 5.68. The van der Waals surface area contributed by atoms with Crippen LogP contribution in [-0.2, 0) is 10.0 Å². The quantitative estimate of drug-likeness (QED) is 0.343. The molecule has 0 spiro atoms. The van der Waals surface area contributed by atoms with E-state index in [1.54, 1.807) is 42.6 Å². The molecule has 6 rings (SSSR count). The Bertz CT molecular complexity index is 1760. The van der Waals surface area contributed by atoms with Crippen molar-refractivity contribution in [2.24, 2.45) is 0 Å². The van der Waals surface area contributed by atoms with Gasteiger partial charge in [0, 0.05) is 17.1 Å². The Morgan fingerprint density at radius 3 is 2.21 bits per heavy atom. The van der Waals surface area contributed by atoms with Crippen LogP contribution in [0.25, 0.3) is 44.7 Å². The molecule has 0 aliphatic rings. The van der Waals surface area contributed by atoms with Gasteiger partial charge in [-0.25, -0.2) is 22.4 Å². The van der Waals surface area contributed by atoms with Crippen LogP contribution in [0.5, 0.6) is 0 Å². The summed E-state index contributed by atoms with van der Waals surface area (Å²) in [5.41, 5.74) is 3.48. The monoisotopic (exact) mass is 462 g/mol. The van der Waals surface area contributed by atoms with Gasteiger partial charge >= 0.3 is 0 Å². The van der Waals surface area contributed by atoms with E-state index in [2.05, 4.69) is 4.98 Å². The van der Waals surface area contributed by atoms with Crippen molar-refractivity contribution < 1.29 is 8.42 Å². The predicted molar refractivity (Wildman–Crippen MR) is 133 cm³/mol. The third-order valence-corrected chi connectivity index (χ3v) is 7.42. The molecule has 0 saturated carbocycles. The zero-order chi connectivity index (χ0) is 23.1. The molecule has 3 heterocycles. The molecular formula is C27H18N4O2S. The third kappa shape index (κ3) is 3.25. The average Bonchev–Trinajstić information content (AvgIpc) is 3.29. The van der Waals surface area contributed by atoms with E-state index < -0.39 is 10.0 Å². The minimum absolute atomic E-state index is 0.201. The van der Waals surface area contributed by atoms with E-state index >= 15 is 0 Å². The van der Waals surface area contributed by atoms with Crippen molar-refractivity contribution in [3.63, 3.8) is 0 Å². The standard InChI is InChI=1S/C27H18N4O2S/c32-34(33,21-13-5-2-6-14-21)31-23-16-8-7-12-20(23)18-24(31)26-25-22(15-9-17-28-25)29-27(30-26)19-10-3-1-4-11-19/h1-18H. The van der Waals surface area contributed by atoms with Crippen molar-refractivity contribution in [2.75, 3.05) is 0 Å². The zero-order valence-corrected chi connectivity index (χ0v) is 18.7. The van der Waals surface area contributed by atoms with Crippen LogP contribution < -0.4 is 0 Å². The summed E-state index contributed by atoms with van der Waals surface area (Å²) in [5.74, 6) is 0.505. The van der Waals surface area contributed by atoms with Crippen LogP contribution in [0.1, 0.15) is 0 Å². The molecule has 34 heavy (non-hydrogen) atoms. The van der Waals surface area contributed by atoms with Gasteiger partial charge in [0.2, 0.25) is 0 Å². The Labute approximate surface area is 196 Å². The molecule has 0 aliphatic heterocycles. The van der Waals surface area contributed by atoms with Crippen molar-refractivity contribution in [1.82, 2.24) is 18.9 Å². The highest BCUT2D eigenvalue weighted by molar-refractivity contribution is 7.90. The second kappa shape index (κ2) is 7.90. The van der Waals surface area contributed by atoms with Crippen LogP contribution in [0.15, 0.2) is 114 Å². The Hall–Kier alpha value is -4.36. The molecule has 0 amide bonds. The van der Waals surface area contributed by atoms with Gasteiger partial charge in [0.15, 0.2) is 5.82 Å². The van der Waals surface area contributed by atoms with Gasteiger partial charge in [0.1, 0.15) is 11.2 Å². The number of rotatable bonds is 4. The molecule has 6 nitrogen and oxygen atoms in total. The summed E-state index contributed by atoms with van der Waals surface area (Å²) in [5, 5.41) is 0.793. The topological polar surface area (TPSA) is 77.7 Å². The highest BCUT2D eigenvalue weighted by atomic mass is 32.2. The lowest BCUT2D eigenvalue weighted by Gasteiger charge is -2.13. The molecule has 0 atom stereocenters. The summed E-state index contributed by atoms with van der Waals surface area (Å²) in [6.45, 7) is 0. The van der Waals surface area contributed by atoms with E-state index in [1.807, 2.05) is 66.7 Å². The normalized spacial score (nSPS) is 11.8. The molecular weight excluding hydrogens is 444 g/mol. The van der Waals surface area contributed by atoms with Gasteiger partial charge in [0.05, 0.1) is 21.6 Å². The van der Waals surface area contributed by atoms with Gasteiger partial charge in [-0.2, -0.15) is 0 Å². The number of nitrogens with zero attached hydrogens (tertiary/aromatic N) is 4. The molecule has 0 saturated heterocycles. The molecule has 0 bridgehead atoms. The molecule has 3 aromatic carbocycles. The van der Waals surface area contributed by atoms with Gasteiger partial charge in [-0.15, -0.1) is 0 Å². The maximum Gasteiger partial charge on any atom is 0.268 e. The zero-order valence-electron chi connectivity index (χ0n) is 17.9. The summed E-state index contributed by atoms with van der Waals surface area (Å²) in [4.78, 5) is 14.3. The summed E-state index contributed by atoms with van der Waals surface area (Å²) in [6.07, 6.45) is 1.66. The minimum atomic E-state index is -3.92. The second-order valence-corrected chi connectivity index (χ2v) is 9.59. The van der Waals surface area contributed by atoms with Crippen LogP contribution in [0.2, 0.25) is 0 Å². The number of hydrogen-bond acceptors (Lipinski definition) is 5. The molecule has 0 aliphatic carbocycles. The SMILES string of the molecule is O=S(=O)(c1ccccc1)n1c(-c2nc(-c3ccccc3)nc3cccnc23)cc2ccccc21. The lowest BCUT2D eigenvalue weighted by atomic mass is 10.1. The number of fused-ring (bicyclic) bond motifs is 2. The molecule has 0 radical (unpaired) electrons. The van der Waals surface area contributed by atoms with Crippen molar-refractivity contribution in [3.8, 4) is 22.8 Å². The Morgan fingerprint density at radius 2 is 1.41 bits per heavy atom. The number of pyridine rings is 1. The lowest BCUT2D eigenvalue weighted by molar-refractivity contribution is 0.589. The van der Waals surface area contributed by atoms with Crippen LogP contribution in [-0.4, -0.2) is 27.3 Å². The minimum Gasteiger partial charge on any atom is -0.252 e. The van der Waals surface area contributed by atoms with Crippen molar-refractivity contribution >= 4 is 32.0 Å². The fourth-order valence-electron chi connectivity index (χ4n) is 4.11. The molecule has 0 N–H and O–H groups in total. The Kier molecular flexibility index (Phi) is 4.71. The summed E-state index contributed by atoms with van der Waals surface area (Å²) < 4.78 is 29.2. The largest absolute Gasteiger partial charge is 0.268 e. The Balaban J connectivity index is 1.72. The smallest absolute Gasteiger partial charge is 0.252 e. The van der Waals surface area contributed by atoms with Gasteiger partial charge in [-0.05, 0) is 36.4 Å². The number of aromatic nitrogens is 4. The summed E-state index contributed by atoms with van der Waals surface area (Å²) in [6, 6.07) is 31.0. The van der Waals surface area contributed by atoms with Gasteiger partial charge in [-0.3, -0.25) is 4.98 Å². The molecule has 0 fully saturated rings. The van der Waals surface area contributed by atoms with Crippen LogP contribution in [0.3, 0.4) is 0 Å². The van der Waals surface area contributed by atoms with Crippen LogP contribution >= 0.6 is 0 Å². The van der Waals surface area contributed by atoms with E-state index in [0.29, 0.717) is 33.8 Å². The second-order valence-electron chi connectivity index (χ2n) is 7.80. The van der Waals surface area contributed by atoms with E-state index in [9.17, 15) is 8.42 Å². The molecule has 6 aromatic rings. The van der Waals surface area contributed by atoms with E-state index in [0.717, 1.165) is 10.9 Å². The number of benzene rings is 3. The van der Waals surface area contributed by atoms with E-state index in [4.69, 9.17) is 9.97 Å². The van der Waals surface area contributed by atoms with Crippen LogP contribution in [0, 0.1) is 0 Å². The van der Waals surface area contributed by atoms with Gasteiger partial charge in [-0.1, -0.05) is 66.7 Å². The van der Waals surface area contributed by atoms with Gasteiger partial charge in [0.25, 0.3) is 10.0 Å². The maximum atomic E-state index is 13.9. The fraction of sp³-hybridized carbons (Fsp3) is 0. The molecule has 7 heteroatoms. The lowest BCUT2D eigenvalue weighted by Crippen LogP contribution is -2.14. The molecule has 164 valence electrons. The summed E-state index contributed by atoms with van der Waals surface area (Å²) in [7, 11) is -3.92. The number of hydrogen-bond donors (Lipinski definition) is 0. The average molecular weight is 463 g/mol. The van der Waals surface area contributed by atoms with Crippen molar-refractivity contribution in [3.05, 3.63) is 109 Å². The molecule has 3 aromatic heterocycles. The van der Waals surface area contributed by atoms with Crippen molar-refractivity contribution in [1.29, 1.82) is 0 Å². The fourth-order valence-corrected chi connectivity index (χ4v) is 5.65. The first-order valence-corrected chi connectivity index (χ1v) is 12.2. The van der Waals surface area contributed by atoms with Crippen LogP contribution in [0.4, 0.5) is 0 Å². The first-order chi connectivity index (χ1) is 16.6. The summed E-state index contributed by atoms with van der Waals surface area (Å²) >= 11 is 0. The van der Waals surface area contributed by atoms with Crippen molar-refractivity contribution in [2.45, 2.75) is 4.90 Å². The highest BCUT2D eigenvalue weighted by Gasteiger charge is 2.26. The number of para-hydroxylation sites is 1. The first-order valence-electron chi connectivity index (χ1n) is 10.7. The van der Waals surface area contributed by atoms with Gasteiger partial charge < -0.3 is 0 Å². The Morgan fingerprint density at radius 1 is 0.706 bits per heavy atom. The predicted octanol–water partition coefficient (Wildman–Crippen LogP) is 5.55. The van der Waals surface area contributed by atoms with E-state index in [-0.39, 0.29) is 4.90 Å². The first kappa shape index (κ1) is 20.3. The highest BCUT2D eigenvalue weighted by Crippen LogP contribution is 2.35. The maximum absolute atomic E-state index is 13.9.